The molecule has 0 radical (unpaired) electrons. The highest BCUT2D eigenvalue weighted by Crippen LogP contribution is 2.28. The number of carbonyl (C=O) groups excluding carboxylic acids is 2. The summed E-state index contributed by atoms with van der Waals surface area (Å²) < 4.78 is 1.67. The fraction of sp³-hybridized carbons (Fsp3) is 0.150. The van der Waals surface area contributed by atoms with Gasteiger partial charge in [-0.2, -0.15) is 14.9 Å². The van der Waals surface area contributed by atoms with Gasteiger partial charge in [0.25, 0.3) is 5.91 Å². The summed E-state index contributed by atoms with van der Waals surface area (Å²) >= 11 is 0. The summed E-state index contributed by atoms with van der Waals surface area (Å²) in [7, 11) is 0. The zero-order valence-corrected chi connectivity index (χ0v) is 15.6. The number of rotatable bonds is 5. The Bertz CT molecular complexity index is 1250. The summed E-state index contributed by atoms with van der Waals surface area (Å²) in [5, 5.41) is 24.7. The highest BCUT2D eigenvalue weighted by Gasteiger charge is 2.25. The van der Waals surface area contributed by atoms with E-state index in [0.29, 0.717) is 28.6 Å². The van der Waals surface area contributed by atoms with Crippen LogP contribution in [0, 0.1) is 11.3 Å². The van der Waals surface area contributed by atoms with Crippen LogP contribution in [0.25, 0.3) is 11.7 Å². The molecular formula is C20H16N8O2. The van der Waals surface area contributed by atoms with Crippen LogP contribution in [0.15, 0.2) is 42.2 Å². The molecule has 5 rings (SSSR count). The number of anilines is 3. The van der Waals surface area contributed by atoms with Crippen LogP contribution in [0.2, 0.25) is 0 Å². The van der Waals surface area contributed by atoms with E-state index in [9.17, 15) is 9.59 Å². The Labute approximate surface area is 170 Å². The predicted molar refractivity (Wildman–Crippen MR) is 109 cm³/mol. The molecule has 1 aliphatic heterocycles. The van der Waals surface area contributed by atoms with E-state index in [2.05, 4.69) is 37.4 Å². The van der Waals surface area contributed by atoms with E-state index in [-0.39, 0.29) is 5.70 Å². The van der Waals surface area contributed by atoms with Crippen LogP contribution in [-0.4, -0.2) is 32.6 Å². The molecule has 10 heteroatoms. The predicted octanol–water partition coefficient (Wildman–Crippen LogP) is 2.10. The Morgan fingerprint density at radius 2 is 2.00 bits per heavy atom. The highest BCUT2D eigenvalue weighted by molar-refractivity contribution is 6.14. The molecular weight excluding hydrogens is 384 g/mol. The second-order valence-electron chi connectivity index (χ2n) is 7.06. The number of urea groups is 1. The molecule has 10 nitrogen and oxygen atoms in total. The fourth-order valence-electron chi connectivity index (χ4n) is 3.10. The first kappa shape index (κ1) is 17.7. The number of nitrogens with one attached hydrogen (secondary N) is 4. The maximum Gasteiger partial charge on any atom is 0.326 e. The number of nitriles is 1. The van der Waals surface area contributed by atoms with Gasteiger partial charge in [-0.25, -0.2) is 9.78 Å². The first-order valence-electron chi connectivity index (χ1n) is 9.35. The number of hydrogen-bond donors (Lipinski definition) is 4. The Hall–Kier alpha value is -4.39. The van der Waals surface area contributed by atoms with Crippen molar-refractivity contribution in [1.29, 1.82) is 5.26 Å². The molecule has 0 unspecified atom stereocenters. The van der Waals surface area contributed by atoms with Crippen molar-refractivity contribution in [2.24, 2.45) is 0 Å². The molecule has 2 fully saturated rings. The van der Waals surface area contributed by atoms with E-state index in [1.165, 1.54) is 0 Å². The minimum Gasteiger partial charge on any atom is -0.367 e. The third kappa shape index (κ3) is 3.40. The van der Waals surface area contributed by atoms with Crippen molar-refractivity contribution in [2.75, 3.05) is 10.6 Å². The van der Waals surface area contributed by atoms with Crippen molar-refractivity contribution in [3.05, 3.63) is 53.4 Å². The quantitative estimate of drug-likeness (QED) is 0.380. The Morgan fingerprint density at radius 1 is 1.20 bits per heavy atom. The van der Waals surface area contributed by atoms with Gasteiger partial charge < -0.3 is 16.0 Å². The molecule has 3 aromatic rings. The van der Waals surface area contributed by atoms with Crippen LogP contribution in [0.5, 0.6) is 0 Å². The van der Waals surface area contributed by atoms with Crippen molar-refractivity contribution in [3.8, 4) is 6.07 Å². The summed E-state index contributed by atoms with van der Waals surface area (Å²) in [6.07, 6.45) is 5.32. The number of benzene rings is 1. The van der Waals surface area contributed by atoms with Gasteiger partial charge in [-0.15, -0.1) is 0 Å². The Balaban J connectivity index is 1.55. The topological polar surface area (TPSA) is 136 Å². The molecule has 0 spiro atoms. The van der Waals surface area contributed by atoms with Gasteiger partial charge in [-0.05, 0) is 43.2 Å². The third-order valence-electron chi connectivity index (χ3n) is 4.73. The van der Waals surface area contributed by atoms with Crippen molar-refractivity contribution in [1.82, 2.24) is 25.2 Å². The molecule has 3 heterocycles. The lowest BCUT2D eigenvalue weighted by molar-refractivity contribution is -0.115. The standard InChI is InChI=1S/C20H16N8O2/c21-9-11-1-3-13(4-2-11)23-16-8-17(24-14-5-6-14)28-18(26-16)12(10-22-28)7-15-19(29)27-20(30)25-15/h1-4,7-8,10,14,24H,5-6H2,(H,23,26)(H2,25,27,29,30). The number of hydrogen-bond acceptors (Lipinski definition) is 7. The van der Waals surface area contributed by atoms with E-state index in [1.54, 1.807) is 41.1 Å². The molecule has 1 aromatic carbocycles. The summed E-state index contributed by atoms with van der Waals surface area (Å²) in [4.78, 5) is 27.9. The van der Waals surface area contributed by atoms with Gasteiger partial charge >= 0.3 is 6.03 Å². The molecule has 1 aliphatic carbocycles. The Morgan fingerprint density at radius 3 is 2.67 bits per heavy atom. The molecule has 30 heavy (non-hydrogen) atoms. The lowest BCUT2D eigenvalue weighted by Crippen LogP contribution is -2.22. The molecule has 4 N–H and O–H groups in total. The normalized spacial score (nSPS) is 17.0. The van der Waals surface area contributed by atoms with E-state index >= 15 is 0 Å². The van der Waals surface area contributed by atoms with Crippen LogP contribution >= 0.6 is 0 Å². The number of carbonyl (C=O) groups is 2. The zero-order valence-electron chi connectivity index (χ0n) is 15.6. The first-order chi connectivity index (χ1) is 14.6. The monoisotopic (exact) mass is 400 g/mol. The SMILES string of the molecule is N#Cc1ccc(Nc2cc(NC3CC3)n3ncc(C=C4NC(=O)NC4=O)c3n2)cc1. The number of imide groups is 1. The first-order valence-corrected chi connectivity index (χ1v) is 9.35. The minimum atomic E-state index is -0.560. The summed E-state index contributed by atoms with van der Waals surface area (Å²) in [5.74, 6) is 0.848. The van der Waals surface area contributed by atoms with E-state index < -0.39 is 11.9 Å². The van der Waals surface area contributed by atoms with Crippen LogP contribution in [0.1, 0.15) is 24.0 Å². The Kier molecular flexibility index (Phi) is 4.07. The maximum absolute atomic E-state index is 11.9. The number of aromatic nitrogens is 3. The lowest BCUT2D eigenvalue weighted by Gasteiger charge is -2.11. The van der Waals surface area contributed by atoms with Gasteiger partial charge in [0.1, 0.15) is 17.3 Å². The van der Waals surface area contributed by atoms with Crippen LogP contribution in [0.4, 0.5) is 22.1 Å². The van der Waals surface area contributed by atoms with Crippen molar-refractivity contribution >= 4 is 41.0 Å². The van der Waals surface area contributed by atoms with Gasteiger partial charge in [-0.1, -0.05) is 0 Å². The second kappa shape index (κ2) is 6.89. The maximum atomic E-state index is 11.9. The van der Waals surface area contributed by atoms with Crippen molar-refractivity contribution in [2.45, 2.75) is 18.9 Å². The van der Waals surface area contributed by atoms with Crippen molar-refractivity contribution < 1.29 is 9.59 Å². The largest absolute Gasteiger partial charge is 0.367 e. The molecule has 2 aromatic heterocycles. The fourth-order valence-corrected chi connectivity index (χ4v) is 3.10. The van der Waals surface area contributed by atoms with Crippen LogP contribution < -0.4 is 21.3 Å². The van der Waals surface area contributed by atoms with Gasteiger partial charge in [0.15, 0.2) is 5.65 Å². The second-order valence-corrected chi connectivity index (χ2v) is 7.06. The molecule has 148 valence electrons. The van der Waals surface area contributed by atoms with Gasteiger partial charge in [0.2, 0.25) is 0 Å². The van der Waals surface area contributed by atoms with Crippen LogP contribution in [-0.2, 0) is 4.79 Å². The van der Waals surface area contributed by atoms with E-state index in [0.717, 1.165) is 24.3 Å². The van der Waals surface area contributed by atoms with Crippen LogP contribution in [0.3, 0.4) is 0 Å². The summed E-state index contributed by atoms with van der Waals surface area (Å²) in [5.41, 5.74) is 2.61. The molecule has 3 amide bonds. The van der Waals surface area contributed by atoms with E-state index in [1.807, 2.05) is 6.07 Å². The molecule has 2 aliphatic rings. The van der Waals surface area contributed by atoms with Gasteiger partial charge in [0.05, 0.1) is 17.8 Å². The lowest BCUT2D eigenvalue weighted by atomic mass is 10.2. The van der Waals surface area contributed by atoms with Gasteiger partial charge in [-0.3, -0.25) is 10.1 Å². The average molecular weight is 400 g/mol. The third-order valence-corrected chi connectivity index (χ3v) is 4.73. The summed E-state index contributed by atoms with van der Waals surface area (Å²) in [6.45, 7) is 0. The van der Waals surface area contributed by atoms with E-state index in [4.69, 9.17) is 5.26 Å². The number of amides is 3. The molecule has 0 bridgehead atoms. The minimum absolute atomic E-state index is 0.138. The smallest absolute Gasteiger partial charge is 0.326 e. The average Bonchev–Trinajstić information content (AvgIpc) is 3.37. The number of fused-ring (bicyclic) bond motifs is 1. The van der Waals surface area contributed by atoms with Crippen molar-refractivity contribution in [3.63, 3.8) is 0 Å². The zero-order chi connectivity index (χ0) is 20.7. The highest BCUT2D eigenvalue weighted by atomic mass is 16.2. The molecule has 1 saturated carbocycles. The molecule has 1 saturated heterocycles. The van der Waals surface area contributed by atoms with Gasteiger partial charge in [0, 0.05) is 23.4 Å². The summed E-state index contributed by atoms with van der Waals surface area (Å²) in [6, 6.07) is 10.8. The molecule has 0 atom stereocenters. The number of nitrogens with zero attached hydrogens (tertiary/aromatic N) is 4.